The van der Waals surface area contributed by atoms with Gasteiger partial charge in [0, 0.05) is 36.4 Å². The second kappa shape index (κ2) is 7.58. The number of anilines is 1. The lowest BCUT2D eigenvalue weighted by atomic mass is 9.97. The fourth-order valence-electron chi connectivity index (χ4n) is 3.49. The minimum atomic E-state index is -0.0884. The molecule has 0 spiro atoms. The van der Waals surface area contributed by atoms with Crippen LogP contribution in [0.25, 0.3) is 4.96 Å². The Morgan fingerprint density at radius 1 is 1.41 bits per heavy atom. The maximum absolute atomic E-state index is 12.6. The van der Waals surface area contributed by atoms with Crippen LogP contribution in [0.15, 0.2) is 40.6 Å². The number of amides is 1. The number of carbonyl (C=O) groups excluding carboxylic acids is 1. The SMILES string of the molecule is Cc1csc2nc(CN3CCC[C@H](C(=O)Nc4ccccn4)C3)cc(=O)n12. The molecule has 3 aromatic rings. The van der Waals surface area contributed by atoms with Gasteiger partial charge >= 0.3 is 0 Å². The number of nitrogens with one attached hydrogen (secondary N) is 1. The smallest absolute Gasteiger partial charge is 0.259 e. The van der Waals surface area contributed by atoms with Crippen LogP contribution in [0.1, 0.15) is 24.2 Å². The molecule has 1 N–H and O–H groups in total. The Balaban J connectivity index is 1.44. The van der Waals surface area contributed by atoms with Gasteiger partial charge in [-0.1, -0.05) is 6.07 Å². The number of aryl methyl sites for hydroxylation is 1. The van der Waals surface area contributed by atoms with Crippen molar-refractivity contribution in [2.45, 2.75) is 26.3 Å². The highest BCUT2D eigenvalue weighted by Gasteiger charge is 2.26. The van der Waals surface area contributed by atoms with Crippen LogP contribution in [0, 0.1) is 12.8 Å². The van der Waals surface area contributed by atoms with Crippen molar-refractivity contribution in [3.8, 4) is 0 Å². The molecule has 1 amide bonds. The summed E-state index contributed by atoms with van der Waals surface area (Å²) in [5.41, 5.74) is 1.62. The number of hydrogen-bond donors (Lipinski definition) is 1. The molecule has 0 radical (unpaired) electrons. The summed E-state index contributed by atoms with van der Waals surface area (Å²) >= 11 is 1.47. The molecule has 1 atom stereocenters. The maximum Gasteiger partial charge on any atom is 0.259 e. The molecule has 0 aliphatic carbocycles. The van der Waals surface area contributed by atoms with E-state index < -0.39 is 0 Å². The third-order valence-corrected chi connectivity index (χ3v) is 5.75. The third kappa shape index (κ3) is 3.91. The van der Waals surface area contributed by atoms with E-state index in [4.69, 9.17) is 0 Å². The van der Waals surface area contributed by atoms with Crippen LogP contribution in [-0.2, 0) is 11.3 Å². The molecule has 1 fully saturated rings. The number of likely N-dealkylation sites (tertiary alicyclic amines) is 1. The van der Waals surface area contributed by atoms with E-state index >= 15 is 0 Å². The molecule has 4 rings (SSSR count). The molecular weight excluding hydrogens is 362 g/mol. The fraction of sp³-hybridized carbons (Fsp3) is 0.368. The highest BCUT2D eigenvalue weighted by atomic mass is 32.1. The van der Waals surface area contributed by atoms with Crippen molar-refractivity contribution >= 4 is 28.0 Å². The number of carbonyl (C=O) groups is 1. The predicted molar refractivity (Wildman–Crippen MR) is 105 cm³/mol. The zero-order valence-electron chi connectivity index (χ0n) is 15.1. The molecule has 0 unspecified atom stereocenters. The summed E-state index contributed by atoms with van der Waals surface area (Å²) in [5.74, 6) is 0.484. The molecule has 0 bridgehead atoms. The number of fused-ring (bicyclic) bond motifs is 1. The molecule has 0 saturated carbocycles. The molecule has 0 aromatic carbocycles. The van der Waals surface area contributed by atoms with Crippen LogP contribution < -0.4 is 10.9 Å². The first kappa shape index (κ1) is 17.8. The Morgan fingerprint density at radius 3 is 3.11 bits per heavy atom. The summed E-state index contributed by atoms with van der Waals surface area (Å²) in [5, 5.41) is 4.82. The van der Waals surface area contributed by atoms with E-state index in [2.05, 4.69) is 20.2 Å². The molecule has 7 nitrogen and oxygen atoms in total. The van der Waals surface area contributed by atoms with Crippen LogP contribution in [0.4, 0.5) is 5.82 Å². The summed E-state index contributed by atoms with van der Waals surface area (Å²) in [6, 6.07) is 7.06. The lowest BCUT2D eigenvalue weighted by molar-refractivity contribution is -0.121. The van der Waals surface area contributed by atoms with Gasteiger partial charge < -0.3 is 5.32 Å². The lowest BCUT2D eigenvalue weighted by Crippen LogP contribution is -2.40. The van der Waals surface area contributed by atoms with E-state index in [0.717, 1.165) is 35.7 Å². The summed E-state index contributed by atoms with van der Waals surface area (Å²) in [6.07, 6.45) is 3.46. The highest BCUT2D eigenvalue weighted by Crippen LogP contribution is 2.20. The van der Waals surface area contributed by atoms with Crippen LogP contribution in [0.2, 0.25) is 0 Å². The standard InChI is InChI=1S/C19H21N5O2S/c1-13-12-27-19-21-15(9-17(25)24(13)19)11-23-8-4-5-14(10-23)18(26)22-16-6-2-3-7-20-16/h2-3,6-7,9,12,14H,4-5,8,10-11H2,1H3,(H,20,22,26)/t14-/m0/s1. The number of aromatic nitrogens is 3. The Morgan fingerprint density at radius 2 is 2.30 bits per heavy atom. The number of piperidine rings is 1. The predicted octanol–water partition coefficient (Wildman–Crippen LogP) is 2.31. The van der Waals surface area contributed by atoms with Gasteiger partial charge in [0.05, 0.1) is 11.6 Å². The molecule has 8 heteroatoms. The summed E-state index contributed by atoms with van der Waals surface area (Å²) in [7, 11) is 0. The average Bonchev–Trinajstić information content (AvgIpc) is 3.04. The van der Waals surface area contributed by atoms with Crippen molar-refractivity contribution < 1.29 is 4.79 Å². The third-order valence-electron chi connectivity index (χ3n) is 4.81. The Hall–Kier alpha value is -2.58. The van der Waals surface area contributed by atoms with Crippen molar-refractivity contribution in [3.63, 3.8) is 0 Å². The largest absolute Gasteiger partial charge is 0.310 e. The van der Waals surface area contributed by atoms with E-state index in [1.807, 2.05) is 24.4 Å². The molecular formula is C19H21N5O2S. The van der Waals surface area contributed by atoms with Crippen molar-refractivity contribution in [1.29, 1.82) is 0 Å². The zero-order chi connectivity index (χ0) is 18.8. The first-order valence-corrected chi connectivity index (χ1v) is 9.89. The summed E-state index contributed by atoms with van der Waals surface area (Å²) < 4.78 is 1.63. The second-order valence-electron chi connectivity index (χ2n) is 6.86. The van der Waals surface area contributed by atoms with Gasteiger partial charge in [0.25, 0.3) is 5.56 Å². The number of nitrogens with zero attached hydrogens (tertiary/aromatic N) is 4. The van der Waals surface area contributed by atoms with Crippen molar-refractivity contribution in [3.05, 3.63) is 57.6 Å². The van der Waals surface area contributed by atoms with Gasteiger partial charge in [0.15, 0.2) is 4.96 Å². The second-order valence-corrected chi connectivity index (χ2v) is 7.70. The Kier molecular flexibility index (Phi) is 5.00. The molecule has 27 heavy (non-hydrogen) atoms. The molecule has 1 aliphatic rings. The first-order valence-electron chi connectivity index (χ1n) is 9.01. The van der Waals surface area contributed by atoms with E-state index in [-0.39, 0.29) is 17.4 Å². The molecule has 140 valence electrons. The van der Waals surface area contributed by atoms with E-state index in [0.29, 0.717) is 18.9 Å². The van der Waals surface area contributed by atoms with Gasteiger partial charge in [-0.2, -0.15) is 0 Å². The monoisotopic (exact) mass is 383 g/mol. The van der Waals surface area contributed by atoms with Crippen LogP contribution in [-0.4, -0.2) is 38.3 Å². The number of pyridine rings is 1. The summed E-state index contributed by atoms with van der Waals surface area (Å²) in [4.78, 5) is 36.6. The van der Waals surface area contributed by atoms with Crippen LogP contribution in [0.5, 0.6) is 0 Å². The quantitative estimate of drug-likeness (QED) is 0.748. The average molecular weight is 383 g/mol. The van der Waals surface area contributed by atoms with Crippen LogP contribution >= 0.6 is 11.3 Å². The fourth-order valence-corrected chi connectivity index (χ4v) is 4.38. The van der Waals surface area contributed by atoms with Gasteiger partial charge in [0.2, 0.25) is 5.91 Å². The van der Waals surface area contributed by atoms with E-state index in [1.165, 1.54) is 11.3 Å². The maximum atomic E-state index is 12.6. The highest BCUT2D eigenvalue weighted by molar-refractivity contribution is 7.15. The summed E-state index contributed by atoms with van der Waals surface area (Å²) in [6.45, 7) is 4.04. The first-order chi connectivity index (χ1) is 13.1. The normalized spacial score (nSPS) is 17.9. The zero-order valence-corrected chi connectivity index (χ0v) is 15.9. The van der Waals surface area contributed by atoms with Crippen LogP contribution in [0.3, 0.4) is 0 Å². The number of hydrogen-bond acceptors (Lipinski definition) is 6. The van der Waals surface area contributed by atoms with Crippen molar-refractivity contribution in [2.75, 3.05) is 18.4 Å². The van der Waals surface area contributed by atoms with E-state index in [9.17, 15) is 9.59 Å². The minimum Gasteiger partial charge on any atom is -0.310 e. The topological polar surface area (TPSA) is 79.6 Å². The van der Waals surface area contributed by atoms with E-state index in [1.54, 1.807) is 22.7 Å². The number of thiazole rings is 1. The number of rotatable bonds is 4. The minimum absolute atomic E-state index is 0.00392. The van der Waals surface area contributed by atoms with Gasteiger partial charge in [-0.25, -0.2) is 9.97 Å². The molecule has 3 aromatic heterocycles. The van der Waals surface area contributed by atoms with Crippen molar-refractivity contribution in [1.82, 2.24) is 19.3 Å². The molecule has 4 heterocycles. The van der Waals surface area contributed by atoms with Gasteiger partial charge in [-0.3, -0.25) is 18.9 Å². The Labute approximate surface area is 160 Å². The van der Waals surface area contributed by atoms with Gasteiger partial charge in [-0.15, -0.1) is 11.3 Å². The molecule has 1 saturated heterocycles. The Bertz CT molecular complexity index is 1010. The van der Waals surface area contributed by atoms with Gasteiger partial charge in [-0.05, 0) is 38.4 Å². The van der Waals surface area contributed by atoms with Gasteiger partial charge in [0.1, 0.15) is 5.82 Å². The molecule has 1 aliphatic heterocycles. The lowest BCUT2D eigenvalue weighted by Gasteiger charge is -2.31. The van der Waals surface area contributed by atoms with Crippen molar-refractivity contribution in [2.24, 2.45) is 5.92 Å².